The van der Waals surface area contributed by atoms with Crippen molar-refractivity contribution in [2.24, 2.45) is 0 Å². The summed E-state index contributed by atoms with van der Waals surface area (Å²) in [5.41, 5.74) is 0.320. The SMILES string of the molecule is Cc1nnc(C(C)NS(=O)(=O)c2cccc(C(=O)NC3CCCC3)c2)o1. The molecule has 2 N–H and O–H groups in total. The fourth-order valence-corrected chi connectivity index (χ4v) is 4.22. The van der Waals surface area contributed by atoms with Crippen LogP contribution in [-0.2, 0) is 10.0 Å². The Morgan fingerprint density at radius 2 is 2.00 bits per heavy atom. The van der Waals surface area contributed by atoms with Gasteiger partial charge in [-0.15, -0.1) is 10.2 Å². The summed E-state index contributed by atoms with van der Waals surface area (Å²) in [5.74, 6) is 0.285. The monoisotopic (exact) mass is 378 g/mol. The Morgan fingerprint density at radius 1 is 1.27 bits per heavy atom. The van der Waals surface area contributed by atoms with Crippen molar-refractivity contribution in [1.29, 1.82) is 0 Å². The van der Waals surface area contributed by atoms with E-state index in [1.54, 1.807) is 26.0 Å². The predicted molar refractivity (Wildman–Crippen MR) is 93.9 cm³/mol. The number of carbonyl (C=O) groups is 1. The third-order valence-corrected chi connectivity index (χ3v) is 5.88. The van der Waals surface area contributed by atoms with E-state index >= 15 is 0 Å². The van der Waals surface area contributed by atoms with Crippen molar-refractivity contribution in [2.45, 2.75) is 56.5 Å². The second-order valence-corrected chi connectivity index (χ2v) is 8.20. The minimum absolute atomic E-state index is 0.0136. The maximum Gasteiger partial charge on any atom is 0.251 e. The first-order chi connectivity index (χ1) is 12.3. The molecule has 140 valence electrons. The summed E-state index contributed by atoms with van der Waals surface area (Å²) in [6.45, 7) is 3.24. The largest absolute Gasteiger partial charge is 0.424 e. The summed E-state index contributed by atoms with van der Waals surface area (Å²) < 4.78 is 33.0. The third-order valence-electron chi connectivity index (χ3n) is 4.34. The molecule has 1 atom stereocenters. The molecular formula is C17H22N4O4S. The lowest BCUT2D eigenvalue weighted by atomic mass is 10.2. The molecule has 0 spiro atoms. The normalized spacial score (nSPS) is 16.5. The van der Waals surface area contributed by atoms with Gasteiger partial charge in [-0.2, -0.15) is 4.72 Å². The molecule has 1 amide bonds. The number of benzene rings is 1. The minimum atomic E-state index is -3.84. The molecule has 1 aromatic carbocycles. The number of aromatic nitrogens is 2. The molecule has 26 heavy (non-hydrogen) atoms. The maximum atomic E-state index is 12.6. The van der Waals surface area contributed by atoms with E-state index in [1.807, 2.05) is 0 Å². The first-order valence-electron chi connectivity index (χ1n) is 8.58. The average molecular weight is 378 g/mol. The first kappa shape index (κ1) is 18.5. The average Bonchev–Trinajstić information content (AvgIpc) is 3.26. The van der Waals surface area contributed by atoms with Gasteiger partial charge in [0.05, 0.1) is 10.9 Å². The van der Waals surface area contributed by atoms with E-state index in [1.165, 1.54) is 12.1 Å². The van der Waals surface area contributed by atoms with Crippen LogP contribution < -0.4 is 10.0 Å². The van der Waals surface area contributed by atoms with Gasteiger partial charge in [0.2, 0.25) is 21.8 Å². The Morgan fingerprint density at radius 3 is 2.65 bits per heavy atom. The molecule has 1 aromatic heterocycles. The smallest absolute Gasteiger partial charge is 0.251 e. The number of carbonyl (C=O) groups excluding carboxylic acids is 1. The Kier molecular flexibility index (Phi) is 5.38. The van der Waals surface area contributed by atoms with Crippen molar-refractivity contribution < 1.29 is 17.6 Å². The molecule has 3 rings (SSSR count). The number of nitrogens with zero attached hydrogens (tertiary/aromatic N) is 2. The van der Waals surface area contributed by atoms with Gasteiger partial charge in [0, 0.05) is 18.5 Å². The Labute approximate surface area is 152 Å². The molecule has 0 saturated heterocycles. The molecule has 1 saturated carbocycles. The van der Waals surface area contributed by atoms with Gasteiger partial charge in [0.15, 0.2) is 0 Å². The van der Waals surface area contributed by atoms with Gasteiger partial charge in [0.1, 0.15) is 0 Å². The highest BCUT2D eigenvalue weighted by atomic mass is 32.2. The first-order valence-corrected chi connectivity index (χ1v) is 10.1. The van der Waals surface area contributed by atoms with Gasteiger partial charge in [0.25, 0.3) is 5.91 Å². The molecule has 1 unspecified atom stereocenters. The lowest BCUT2D eigenvalue weighted by Crippen LogP contribution is -2.33. The maximum absolute atomic E-state index is 12.6. The van der Waals surface area contributed by atoms with Gasteiger partial charge >= 0.3 is 0 Å². The molecule has 9 heteroatoms. The number of sulfonamides is 1. The molecular weight excluding hydrogens is 356 g/mol. The summed E-state index contributed by atoms with van der Waals surface area (Å²) in [6.07, 6.45) is 4.14. The van der Waals surface area contributed by atoms with Gasteiger partial charge in [-0.25, -0.2) is 8.42 Å². The number of hydrogen-bond donors (Lipinski definition) is 2. The minimum Gasteiger partial charge on any atom is -0.424 e. The molecule has 1 fully saturated rings. The summed E-state index contributed by atoms with van der Waals surface area (Å²) in [4.78, 5) is 12.4. The van der Waals surface area contributed by atoms with Crippen molar-refractivity contribution >= 4 is 15.9 Å². The van der Waals surface area contributed by atoms with E-state index in [9.17, 15) is 13.2 Å². The third kappa shape index (κ3) is 4.28. The van der Waals surface area contributed by atoms with E-state index < -0.39 is 16.1 Å². The van der Waals surface area contributed by atoms with E-state index in [4.69, 9.17) is 4.42 Å². The Bertz CT molecular complexity index is 888. The molecule has 0 bridgehead atoms. The van der Waals surface area contributed by atoms with Crippen LogP contribution in [0.2, 0.25) is 0 Å². The van der Waals surface area contributed by atoms with E-state index in [0.717, 1.165) is 25.7 Å². The fourth-order valence-electron chi connectivity index (χ4n) is 2.98. The second kappa shape index (κ2) is 7.55. The van der Waals surface area contributed by atoms with E-state index in [2.05, 4.69) is 20.2 Å². The Balaban J connectivity index is 1.74. The van der Waals surface area contributed by atoms with Gasteiger partial charge in [-0.3, -0.25) is 4.79 Å². The van der Waals surface area contributed by atoms with Crippen molar-refractivity contribution in [3.8, 4) is 0 Å². The number of nitrogens with one attached hydrogen (secondary N) is 2. The van der Waals surface area contributed by atoms with Crippen molar-refractivity contribution in [3.05, 3.63) is 41.6 Å². The fraction of sp³-hybridized carbons (Fsp3) is 0.471. The lowest BCUT2D eigenvalue weighted by Gasteiger charge is -2.14. The summed E-state index contributed by atoms with van der Waals surface area (Å²) in [7, 11) is -3.84. The molecule has 2 aromatic rings. The standard InChI is InChI=1S/C17H22N4O4S/c1-11(17-20-19-12(2)25-17)21-26(23,24)15-9-5-6-13(10-15)16(22)18-14-7-3-4-8-14/h5-6,9-11,14,21H,3-4,7-8H2,1-2H3,(H,18,22). The molecule has 0 aliphatic heterocycles. The molecule has 8 nitrogen and oxygen atoms in total. The van der Waals surface area contributed by atoms with Crippen LogP contribution >= 0.6 is 0 Å². The van der Waals surface area contributed by atoms with Crippen LogP contribution in [0.15, 0.2) is 33.6 Å². The van der Waals surface area contributed by atoms with Crippen LogP contribution in [0.25, 0.3) is 0 Å². The number of aryl methyl sites for hydroxylation is 1. The highest BCUT2D eigenvalue weighted by molar-refractivity contribution is 7.89. The molecule has 1 heterocycles. The topological polar surface area (TPSA) is 114 Å². The second-order valence-electron chi connectivity index (χ2n) is 6.48. The Hall–Kier alpha value is -2.26. The lowest BCUT2D eigenvalue weighted by molar-refractivity contribution is 0.0937. The summed E-state index contributed by atoms with van der Waals surface area (Å²) in [6, 6.07) is 5.46. The molecule has 1 aliphatic carbocycles. The predicted octanol–water partition coefficient (Wildman–Crippen LogP) is 2.09. The number of hydrogen-bond acceptors (Lipinski definition) is 6. The number of rotatable bonds is 6. The van der Waals surface area contributed by atoms with Crippen LogP contribution in [0.5, 0.6) is 0 Å². The molecule has 1 aliphatic rings. The van der Waals surface area contributed by atoms with E-state index in [-0.39, 0.29) is 22.7 Å². The molecule has 0 radical (unpaired) electrons. The number of amides is 1. The summed E-state index contributed by atoms with van der Waals surface area (Å²) >= 11 is 0. The van der Waals surface area contributed by atoms with Crippen LogP contribution in [0.1, 0.15) is 60.8 Å². The zero-order chi connectivity index (χ0) is 18.7. The van der Waals surface area contributed by atoms with Crippen molar-refractivity contribution in [1.82, 2.24) is 20.2 Å². The quantitative estimate of drug-likeness (QED) is 0.795. The van der Waals surface area contributed by atoms with E-state index in [0.29, 0.717) is 11.5 Å². The van der Waals surface area contributed by atoms with Gasteiger partial charge in [-0.05, 0) is 38.0 Å². The highest BCUT2D eigenvalue weighted by Crippen LogP contribution is 2.20. The summed E-state index contributed by atoms with van der Waals surface area (Å²) in [5, 5.41) is 10.5. The van der Waals surface area contributed by atoms with Gasteiger partial charge in [-0.1, -0.05) is 18.9 Å². The van der Waals surface area contributed by atoms with Crippen LogP contribution in [0.3, 0.4) is 0 Å². The van der Waals surface area contributed by atoms with Crippen LogP contribution in [0.4, 0.5) is 0 Å². The zero-order valence-corrected chi connectivity index (χ0v) is 15.5. The van der Waals surface area contributed by atoms with Crippen LogP contribution in [-0.4, -0.2) is 30.6 Å². The van der Waals surface area contributed by atoms with Crippen LogP contribution in [0, 0.1) is 6.92 Å². The van der Waals surface area contributed by atoms with Gasteiger partial charge < -0.3 is 9.73 Å². The zero-order valence-electron chi connectivity index (χ0n) is 14.7. The highest BCUT2D eigenvalue weighted by Gasteiger charge is 2.23. The van der Waals surface area contributed by atoms with Crippen molar-refractivity contribution in [3.63, 3.8) is 0 Å². The van der Waals surface area contributed by atoms with Crippen molar-refractivity contribution in [2.75, 3.05) is 0 Å².